The molecule has 0 aliphatic carbocycles. The van der Waals surface area contributed by atoms with E-state index in [-0.39, 0.29) is 24.6 Å². The summed E-state index contributed by atoms with van der Waals surface area (Å²) in [6, 6.07) is 7.75. The number of oxime groups is 1. The summed E-state index contributed by atoms with van der Waals surface area (Å²) in [5.74, 6) is -0.832. The van der Waals surface area contributed by atoms with E-state index in [0.29, 0.717) is 20.6 Å². The molecule has 1 fully saturated rings. The van der Waals surface area contributed by atoms with Gasteiger partial charge in [0.1, 0.15) is 11.8 Å². The fourth-order valence-electron chi connectivity index (χ4n) is 2.56. The van der Waals surface area contributed by atoms with E-state index in [9.17, 15) is 9.59 Å². The Morgan fingerprint density at radius 3 is 2.84 bits per heavy atom. The number of anilines is 1. The van der Waals surface area contributed by atoms with Gasteiger partial charge in [-0.25, -0.2) is 0 Å². The van der Waals surface area contributed by atoms with Crippen LogP contribution in [-0.2, 0) is 16.1 Å². The molecule has 0 unspecified atom stereocenters. The van der Waals surface area contributed by atoms with Crippen LogP contribution in [0.3, 0.4) is 0 Å². The molecule has 1 atom stereocenters. The Morgan fingerprint density at radius 2 is 2.20 bits per heavy atom. The van der Waals surface area contributed by atoms with E-state index < -0.39 is 11.9 Å². The van der Waals surface area contributed by atoms with Gasteiger partial charge in [-0.2, -0.15) is 0 Å². The Hall–Kier alpha value is -2.09. The quantitative estimate of drug-likeness (QED) is 0.613. The molecule has 2 aromatic rings. The lowest BCUT2D eigenvalue weighted by Gasteiger charge is -2.21. The summed E-state index contributed by atoms with van der Waals surface area (Å²) in [4.78, 5) is 26.3. The Morgan fingerprint density at radius 1 is 1.40 bits per heavy atom. The number of halogens is 2. The number of carbonyl (C=O) groups is 2. The maximum Gasteiger partial charge on any atom is 0.277 e. The lowest BCUT2D eigenvalue weighted by molar-refractivity contribution is -0.123. The number of nitrogens with one attached hydrogen (secondary N) is 1. The highest BCUT2D eigenvalue weighted by atomic mass is 35.5. The summed E-state index contributed by atoms with van der Waals surface area (Å²) in [6.07, 6.45) is 0.0351. The minimum atomic E-state index is -0.775. The summed E-state index contributed by atoms with van der Waals surface area (Å²) in [7, 11) is 0. The first-order valence-electron chi connectivity index (χ1n) is 7.31. The number of thiophene rings is 1. The van der Waals surface area contributed by atoms with Crippen LogP contribution in [0.4, 0.5) is 5.00 Å². The third-order valence-corrected chi connectivity index (χ3v) is 5.25. The first kappa shape index (κ1) is 17.7. The van der Waals surface area contributed by atoms with Gasteiger partial charge in [0.15, 0.2) is 0 Å². The van der Waals surface area contributed by atoms with Crippen LogP contribution in [0.15, 0.2) is 40.9 Å². The van der Waals surface area contributed by atoms with Crippen molar-refractivity contribution in [2.24, 2.45) is 5.16 Å². The van der Waals surface area contributed by atoms with Crippen molar-refractivity contribution >= 4 is 57.1 Å². The lowest BCUT2D eigenvalue weighted by atomic mass is 10.1. The van der Waals surface area contributed by atoms with Crippen molar-refractivity contribution in [3.63, 3.8) is 0 Å². The van der Waals surface area contributed by atoms with Gasteiger partial charge in [-0.1, -0.05) is 34.4 Å². The van der Waals surface area contributed by atoms with Gasteiger partial charge in [0.25, 0.3) is 5.91 Å². The van der Waals surface area contributed by atoms with Crippen LogP contribution < -0.4 is 10.2 Å². The van der Waals surface area contributed by atoms with Gasteiger partial charge >= 0.3 is 0 Å². The Balaban J connectivity index is 1.76. The van der Waals surface area contributed by atoms with Gasteiger partial charge in [-0.05, 0) is 35.2 Å². The van der Waals surface area contributed by atoms with Gasteiger partial charge in [0.05, 0.1) is 5.00 Å². The van der Waals surface area contributed by atoms with Gasteiger partial charge in [-0.3, -0.25) is 14.5 Å². The summed E-state index contributed by atoms with van der Waals surface area (Å²) in [6.45, 7) is 0.198. The largest absolute Gasteiger partial charge is 0.410 e. The molecule has 0 radical (unpaired) electrons. The van der Waals surface area contributed by atoms with Gasteiger partial charge in [0, 0.05) is 23.0 Å². The average Bonchev–Trinajstić information content (AvgIpc) is 3.21. The highest BCUT2D eigenvalue weighted by Gasteiger charge is 2.42. The number of nitrogens with zero attached hydrogens (tertiary/aromatic N) is 2. The van der Waals surface area contributed by atoms with Crippen molar-refractivity contribution in [2.45, 2.75) is 19.0 Å². The molecular formula is C16H13Cl2N3O3S. The van der Waals surface area contributed by atoms with Gasteiger partial charge < -0.3 is 10.5 Å². The van der Waals surface area contributed by atoms with E-state index in [1.807, 2.05) is 0 Å². The van der Waals surface area contributed by atoms with Gasteiger partial charge in [0.2, 0.25) is 5.91 Å². The molecular weight excluding hydrogens is 385 g/mol. The molecule has 130 valence electrons. The van der Waals surface area contributed by atoms with Crippen LogP contribution in [0, 0.1) is 0 Å². The lowest BCUT2D eigenvalue weighted by Crippen LogP contribution is -2.44. The van der Waals surface area contributed by atoms with Crippen molar-refractivity contribution in [2.75, 3.05) is 4.90 Å². The minimum absolute atomic E-state index is 0.0351. The Bertz CT molecular complexity index is 839. The van der Waals surface area contributed by atoms with E-state index in [2.05, 4.69) is 10.5 Å². The number of carbonyl (C=O) groups excluding carboxylic acids is 2. The first-order valence-corrected chi connectivity index (χ1v) is 8.94. The van der Waals surface area contributed by atoms with Crippen molar-refractivity contribution in [1.82, 2.24) is 5.32 Å². The molecule has 1 aromatic carbocycles. The molecule has 25 heavy (non-hydrogen) atoms. The maximum absolute atomic E-state index is 12.6. The summed E-state index contributed by atoms with van der Waals surface area (Å²) in [5.41, 5.74) is 0.667. The molecule has 0 saturated carbocycles. The number of benzene rings is 1. The molecule has 6 nitrogen and oxygen atoms in total. The van der Waals surface area contributed by atoms with Crippen molar-refractivity contribution in [1.29, 1.82) is 0 Å². The third kappa shape index (κ3) is 3.63. The number of rotatable bonds is 4. The second-order valence-corrected chi connectivity index (χ2v) is 7.12. The molecule has 1 aliphatic heterocycles. The van der Waals surface area contributed by atoms with E-state index in [1.165, 1.54) is 16.2 Å². The Labute approximate surface area is 157 Å². The zero-order valence-electron chi connectivity index (χ0n) is 12.8. The topological polar surface area (TPSA) is 82.0 Å². The zero-order chi connectivity index (χ0) is 18.0. The molecule has 2 amide bonds. The Kier molecular flexibility index (Phi) is 5.27. The predicted molar refractivity (Wildman–Crippen MR) is 97.7 cm³/mol. The van der Waals surface area contributed by atoms with E-state index >= 15 is 0 Å². The predicted octanol–water partition coefficient (Wildman–Crippen LogP) is 3.31. The highest BCUT2D eigenvalue weighted by molar-refractivity contribution is 7.14. The fourth-order valence-corrected chi connectivity index (χ4v) is 3.81. The smallest absolute Gasteiger partial charge is 0.277 e. The molecule has 1 aliphatic rings. The van der Waals surface area contributed by atoms with E-state index in [4.69, 9.17) is 28.4 Å². The second kappa shape index (κ2) is 7.43. The molecule has 1 saturated heterocycles. The molecule has 9 heteroatoms. The number of hydrogen-bond donors (Lipinski definition) is 2. The molecule has 0 bridgehead atoms. The SMILES string of the molecule is O=C(NCc1ccc(Cl)cc1Cl)[C@@H]1C/C(=N\O)C(=O)N1c1cccs1. The second-order valence-electron chi connectivity index (χ2n) is 5.35. The third-order valence-electron chi connectivity index (χ3n) is 3.80. The van der Waals surface area contributed by atoms with Crippen LogP contribution in [0.25, 0.3) is 0 Å². The standard InChI is InChI=1S/C16H13Cl2N3O3S/c17-10-4-3-9(11(18)6-10)8-19-15(22)13-7-12(20-24)16(23)21(13)14-2-1-5-25-14/h1-6,13,24H,7-8H2,(H,19,22)/b20-12+/t13-/m0/s1. The number of amides is 2. The van der Waals surface area contributed by atoms with Crippen LogP contribution in [-0.4, -0.2) is 28.8 Å². The average molecular weight is 398 g/mol. The summed E-state index contributed by atoms with van der Waals surface area (Å²) in [5, 5.41) is 18.2. The van der Waals surface area contributed by atoms with Gasteiger partial charge in [-0.15, -0.1) is 11.3 Å². The van der Waals surface area contributed by atoms with Crippen LogP contribution in [0.5, 0.6) is 0 Å². The summed E-state index contributed by atoms with van der Waals surface area (Å²) >= 11 is 13.3. The molecule has 1 aromatic heterocycles. The number of hydrogen-bond acceptors (Lipinski definition) is 5. The molecule has 2 heterocycles. The van der Waals surface area contributed by atoms with Crippen LogP contribution >= 0.6 is 34.5 Å². The highest BCUT2D eigenvalue weighted by Crippen LogP contribution is 2.30. The van der Waals surface area contributed by atoms with E-state index in [1.54, 1.807) is 35.7 Å². The van der Waals surface area contributed by atoms with Crippen molar-refractivity contribution in [3.8, 4) is 0 Å². The summed E-state index contributed by atoms with van der Waals surface area (Å²) < 4.78 is 0. The first-order chi connectivity index (χ1) is 12.0. The fraction of sp³-hybridized carbons (Fsp3) is 0.188. The molecule has 3 rings (SSSR count). The maximum atomic E-state index is 12.6. The minimum Gasteiger partial charge on any atom is -0.410 e. The van der Waals surface area contributed by atoms with Crippen molar-refractivity contribution < 1.29 is 14.8 Å². The monoisotopic (exact) mass is 397 g/mol. The van der Waals surface area contributed by atoms with Crippen LogP contribution in [0.1, 0.15) is 12.0 Å². The molecule has 2 N–H and O–H groups in total. The van der Waals surface area contributed by atoms with Crippen molar-refractivity contribution in [3.05, 3.63) is 51.3 Å². The normalized spacial score (nSPS) is 18.8. The zero-order valence-corrected chi connectivity index (χ0v) is 15.1. The van der Waals surface area contributed by atoms with Crippen LogP contribution in [0.2, 0.25) is 10.0 Å². The van der Waals surface area contributed by atoms with E-state index in [0.717, 1.165) is 0 Å². The molecule has 0 spiro atoms.